The van der Waals surface area contributed by atoms with Gasteiger partial charge in [-0.1, -0.05) is 27.7 Å². The van der Waals surface area contributed by atoms with E-state index in [1.807, 2.05) is 0 Å². The van der Waals surface area contributed by atoms with Crippen molar-refractivity contribution in [3.05, 3.63) is 0 Å². The largest absolute Gasteiger partial charge is 0.394 e. The smallest absolute Gasteiger partial charge is 0.187 e. The van der Waals surface area contributed by atoms with Crippen molar-refractivity contribution in [2.45, 2.75) is 220 Å². The molecule has 0 radical (unpaired) electrons. The van der Waals surface area contributed by atoms with Crippen LogP contribution in [0, 0.1) is 52.3 Å². The van der Waals surface area contributed by atoms with Crippen molar-refractivity contribution in [2.24, 2.45) is 52.3 Å². The van der Waals surface area contributed by atoms with Gasteiger partial charge in [-0.05, 0) is 80.0 Å². The Labute approximate surface area is 423 Å². The van der Waals surface area contributed by atoms with E-state index in [1.165, 1.54) is 0 Å². The summed E-state index contributed by atoms with van der Waals surface area (Å²) in [4.78, 5) is 14.7. The Hall–Kier alpha value is -1.21. The second-order valence-electron chi connectivity index (χ2n) is 23.7. The van der Waals surface area contributed by atoms with E-state index >= 15 is 0 Å². The van der Waals surface area contributed by atoms with E-state index in [4.69, 9.17) is 47.4 Å². The monoisotopic (exact) mass is 1050 g/mol. The first-order chi connectivity index (χ1) is 34.7. The highest BCUT2D eigenvalue weighted by atomic mass is 16.8. The van der Waals surface area contributed by atoms with Crippen molar-refractivity contribution in [3.63, 3.8) is 0 Å². The molecule has 6 saturated heterocycles. The fraction of sp³-hybridized carbons (Fsp3) is 0.980. The van der Waals surface area contributed by atoms with E-state index in [9.17, 15) is 66.1 Å². The molecule has 0 aromatic rings. The Bertz CT molecular complexity index is 1910. The van der Waals surface area contributed by atoms with Gasteiger partial charge in [-0.15, -0.1) is 0 Å². The zero-order chi connectivity index (χ0) is 52.2. The van der Waals surface area contributed by atoms with E-state index in [2.05, 4.69) is 27.7 Å². The second-order valence-corrected chi connectivity index (χ2v) is 23.7. The third-order valence-corrected chi connectivity index (χ3v) is 19.9. The summed E-state index contributed by atoms with van der Waals surface area (Å²) < 4.78 is 60.3. The van der Waals surface area contributed by atoms with E-state index in [1.54, 1.807) is 0 Å². The number of aliphatic hydroxyl groups excluding tert-OH is 12. The maximum Gasteiger partial charge on any atom is 0.187 e. The Morgan fingerprint density at radius 2 is 1.22 bits per heavy atom. The van der Waals surface area contributed by atoms with Crippen molar-refractivity contribution in [1.29, 1.82) is 0 Å². The zero-order valence-corrected chi connectivity index (χ0v) is 41.9. The lowest BCUT2D eigenvalue weighted by atomic mass is 9.44. The summed E-state index contributed by atoms with van der Waals surface area (Å²) >= 11 is 0. The van der Waals surface area contributed by atoms with Gasteiger partial charge in [0, 0.05) is 30.1 Å². The van der Waals surface area contributed by atoms with Crippen molar-refractivity contribution >= 4 is 5.78 Å². The van der Waals surface area contributed by atoms with Crippen LogP contribution in [0.2, 0.25) is 0 Å². The molecule has 10 aliphatic rings. The summed E-state index contributed by atoms with van der Waals surface area (Å²) in [5, 5.41) is 129. The molecular formula is C50H80O23. The summed E-state index contributed by atoms with van der Waals surface area (Å²) in [5.74, 6) is 1.46. The average molecular weight is 1050 g/mol. The number of carbonyl (C=O) groups excluding carboxylic acids is 1. The van der Waals surface area contributed by atoms with Gasteiger partial charge in [0.05, 0.1) is 45.2 Å². The molecule has 0 unspecified atom stereocenters. The Morgan fingerprint density at radius 3 is 1.92 bits per heavy atom. The Morgan fingerprint density at radius 1 is 0.589 bits per heavy atom. The highest BCUT2D eigenvalue weighted by Crippen LogP contribution is 2.70. The summed E-state index contributed by atoms with van der Waals surface area (Å²) in [6.45, 7) is 6.67. The number of aliphatic hydroxyl groups is 12. The SMILES string of the molecule is C[C@@H]1CC[C@@]2(OC1)O[C@H]1C[C@H]3[C@@H]4CC[C@H]5C[C@@H](O[C@@H]6O[C@H](CO)[C@H](O[C@@H]7O[C@H](CO)[C@@H](O)[C@H](O)[C@H]7O[C@@H]7O[C@H](CO)[C@@H](O)[C@H](O[C@@H]8OC[C@@H](O)[C@H](O)[C@H]8O)[C@H]7O)[C@H](O)[C@H]6O)CC[C@]5(C)[C@H]4CC(=O)[C@]3(C)[C@H]1[C@@H]2C. The third-order valence-electron chi connectivity index (χ3n) is 19.9. The van der Waals surface area contributed by atoms with Crippen LogP contribution in [0.1, 0.15) is 85.5 Å². The minimum Gasteiger partial charge on any atom is -0.394 e. The van der Waals surface area contributed by atoms with Gasteiger partial charge < -0.3 is 109 Å². The van der Waals surface area contributed by atoms with Gasteiger partial charge in [-0.3, -0.25) is 4.79 Å². The first kappa shape index (κ1) is 55.1. The van der Waals surface area contributed by atoms with Crippen LogP contribution in [0.5, 0.6) is 0 Å². The van der Waals surface area contributed by atoms with Crippen LogP contribution in [0.15, 0.2) is 0 Å². The molecule has 23 nitrogen and oxygen atoms in total. The lowest BCUT2D eigenvalue weighted by molar-refractivity contribution is -0.396. The third kappa shape index (κ3) is 9.30. The molecule has 10 fully saturated rings. The highest BCUT2D eigenvalue weighted by Gasteiger charge is 2.72. The van der Waals surface area contributed by atoms with Gasteiger partial charge in [-0.2, -0.15) is 0 Å². The molecule has 31 atom stereocenters. The molecule has 12 N–H and O–H groups in total. The lowest BCUT2D eigenvalue weighted by Crippen LogP contribution is -2.67. The molecule has 10 rings (SSSR count). The van der Waals surface area contributed by atoms with Gasteiger partial charge in [-0.25, -0.2) is 0 Å². The molecule has 0 amide bonds. The minimum atomic E-state index is -2.01. The number of fused-ring (bicyclic) bond motifs is 7. The topological polar surface area (TPSA) is 352 Å². The number of rotatable bonds is 11. The zero-order valence-electron chi connectivity index (χ0n) is 41.9. The van der Waals surface area contributed by atoms with E-state index < -0.39 is 160 Å². The van der Waals surface area contributed by atoms with Gasteiger partial charge in [0.1, 0.15) is 97.3 Å². The minimum absolute atomic E-state index is 0.00648. The van der Waals surface area contributed by atoms with Crippen molar-refractivity contribution in [2.75, 3.05) is 33.0 Å². The quantitative estimate of drug-likeness (QED) is 0.0913. The normalized spacial score (nSPS) is 57.2. The molecule has 418 valence electrons. The molecule has 4 saturated carbocycles. The number of Topliss-reactive ketones (excluding diaryl/α,β-unsaturated/α-hetero) is 1. The molecule has 23 heteroatoms. The molecule has 4 aliphatic carbocycles. The summed E-state index contributed by atoms with van der Waals surface area (Å²) in [5.41, 5.74) is -0.611. The average Bonchev–Trinajstić information content (AvgIpc) is 3.83. The molecule has 1 spiro atoms. The summed E-state index contributed by atoms with van der Waals surface area (Å²) in [6, 6.07) is 0. The summed E-state index contributed by atoms with van der Waals surface area (Å²) in [7, 11) is 0. The Kier molecular flexibility index (Phi) is 15.9. The molecule has 73 heavy (non-hydrogen) atoms. The predicted molar refractivity (Wildman–Crippen MR) is 243 cm³/mol. The first-order valence-electron chi connectivity index (χ1n) is 26.7. The van der Waals surface area contributed by atoms with Crippen LogP contribution in [0.3, 0.4) is 0 Å². The maximum absolute atomic E-state index is 14.7. The fourth-order valence-electron chi connectivity index (χ4n) is 15.6. The van der Waals surface area contributed by atoms with Crippen molar-refractivity contribution in [3.8, 4) is 0 Å². The number of carbonyl (C=O) groups is 1. The van der Waals surface area contributed by atoms with Crippen LogP contribution >= 0.6 is 0 Å². The van der Waals surface area contributed by atoms with E-state index in [0.29, 0.717) is 43.5 Å². The molecular weight excluding hydrogens is 969 g/mol. The van der Waals surface area contributed by atoms with Crippen molar-refractivity contribution in [1.82, 2.24) is 0 Å². The number of ether oxygens (including phenoxy) is 10. The number of hydrogen-bond donors (Lipinski definition) is 12. The fourth-order valence-corrected chi connectivity index (χ4v) is 15.6. The molecule has 0 bridgehead atoms. The van der Waals surface area contributed by atoms with Gasteiger partial charge in [0.15, 0.2) is 30.9 Å². The number of hydrogen-bond acceptors (Lipinski definition) is 23. The van der Waals surface area contributed by atoms with Gasteiger partial charge in [0.25, 0.3) is 0 Å². The highest BCUT2D eigenvalue weighted by molar-refractivity contribution is 5.87. The maximum atomic E-state index is 14.7. The van der Waals surface area contributed by atoms with Crippen LogP contribution in [0.4, 0.5) is 0 Å². The molecule has 0 aromatic carbocycles. The van der Waals surface area contributed by atoms with Crippen molar-refractivity contribution < 1.29 is 113 Å². The Balaban J connectivity index is 0.787. The van der Waals surface area contributed by atoms with Crippen LogP contribution in [-0.2, 0) is 52.2 Å². The van der Waals surface area contributed by atoms with Crippen LogP contribution in [-0.4, -0.2) is 235 Å². The van der Waals surface area contributed by atoms with E-state index in [0.717, 1.165) is 38.5 Å². The van der Waals surface area contributed by atoms with E-state index in [-0.39, 0.29) is 41.1 Å². The molecule has 6 aliphatic heterocycles. The number of ketones is 1. The molecule has 6 heterocycles. The second kappa shape index (κ2) is 21.1. The lowest BCUT2D eigenvalue weighted by Gasteiger charge is -2.60. The van der Waals surface area contributed by atoms with Gasteiger partial charge >= 0.3 is 0 Å². The predicted octanol–water partition coefficient (Wildman–Crippen LogP) is -3.09. The molecule has 0 aromatic heterocycles. The van der Waals surface area contributed by atoms with Crippen LogP contribution < -0.4 is 0 Å². The first-order valence-corrected chi connectivity index (χ1v) is 26.7. The van der Waals surface area contributed by atoms with Gasteiger partial charge in [0.2, 0.25) is 0 Å². The summed E-state index contributed by atoms with van der Waals surface area (Å²) in [6.07, 6.45) is -26.1. The standard InChI is InChI=1S/C50H80O23/c1-19-7-10-50(65-17-19)20(2)32-27(73-50)12-25-23-6-5-21-11-22(8-9-48(21,3)24(23)13-31(55)49(25,32)4)66-45-39(62)37(60)41(30(16-53)69-45)70-47-43(36(59)34(57)28(14-51)68-47)72-46-40(63)42(35(58)29(15-52)67-46)71-44-38(61)33(56)26(54)18-64-44/h19-30,32-47,51-54,56-63H,5-18H2,1-4H3/t19-,20+,21+,22+,23-,24+,25+,26-,27+,28-,29-,30-,32+,33+,34-,35-,36+,37-,38-,39-,40-,41+,42+,43-,44+,45-,46+,47+,48+,49-,50-/m1/s1. The van der Waals surface area contributed by atoms with Crippen LogP contribution in [0.25, 0.3) is 0 Å².